The van der Waals surface area contributed by atoms with Crippen molar-refractivity contribution >= 4 is 5.97 Å². The molecule has 0 amide bonds. The van der Waals surface area contributed by atoms with Crippen molar-refractivity contribution in [1.29, 1.82) is 0 Å². The Morgan fingerprint density at radius 2 is 1.62 bits per heavy atom. The van der Waals surface area contributed by atoms with Crippen molar-refractivity contribution in [3.8, 4) is 11.8 Å². The smallest absolute Gasteiger partial charge is 0.305 e. The van der Waals surface area contributed by atoms with Crippen LogP contribution in [-0.4, -0.2) is 13.1 Å². The summed E-state index contributed by atoms with van der Waals surface area (Å²) in [5, 5.41) is 0. The molecule has 0 rings (SSSR count). The molecule has 116 valence electrons. The lowest BCUT2D eigenvalue weighted by molar-refractivity contribution is -0.140. The lowest BCUT2D eigenvalue weighted by Gasteiger charge is -1.95. The highest BCUT2D eigenvalue weighted by Gasteiger charge is 1.97. The second-order valence-electron chi connectivity index (χ2n) is 4.63. The number of esters is 1. The number of unbranched alkanes of at least 4 members (excludes halogenated alkanes) is 2. The molecule has 0 bridgehead atoms. The number of hydrogen-bond donors (Lipinski definition) is 0. The maximum atomic E-state index is 10.9. The van der Waals surface area contributed by atoms with Gasteiger partial charge in [-0.15, -0.1) is 5.92 Å². The molecule has 0 heterocycles. The van der Waals surface area contributed by atoms with Crippen LogP contribution in [0.5, 0.6) is 0 Å². The SMILES string of the molecule is CCC=CCC=CCC=CCC#CCCCCC(=O)OC. The van der Waals surface area contributed by atoms with Crippen LogP contribution in [0.15, 0.2) is 36.5 Å². The standard InChI is InChI=1S/C19H28O2/c1-3-4-5-6-7-8-9-10-11-12-13-14-15-16-17-18-19(20)21-2/h4-5,7-8,10-11H,3,6,9,12,15-18H2,1-2H3. The molecule has 2 heteroatoms. The Hall–Kier alpha value is -1.75. The maximum Gasteiger partial charge on any atom is 0.305 e. The van der Waals surface area contributed by atoms with Gasteiger partial charge in [-0.2, -0.15) is 0 Å². The highest BCUT2D eigenvalue weighted by atomic mass is 16.5. The fourth-order valence-electron chi connectivity index (χ4n) is 1.60. The summed E-state index contributed by atoms with van der Waals surface area (Å²) >= 11 is 0. The monoisotopic (exact) mass is 288 g/mol. The summed E-state index contributed by atoms with van der Waals surface area (Å²) in [4.78, 5) is 10.9. The maximum absolute atomic E-state index is 10.9. The molecule has 0 N–H and O–H groups in total. The van der Waals surface area contributed by atoms with Gasteiger partial charge in [0.1, 0.15) is 0 Å². The molecular formula is C19H28O2. The topological polar surface area (TPSA) is 26.3 Å². The average molecular weight is 288 g/mol. The summed E-state index contributed by atoms with van der Waals surface area (Å²) in [5.41, 5.74) is 0. The van der Waals surface area contributed by atoms with Crippen LogP contribution in [0.1, 0.15) is 58.3 Å². The van der Waals surface area contributed by atoms with Gasteiger partial charge in [0.25, 0.3) is 0 Å². The predicted octanol–water partition coefficient (Wildman–Crippen LogP) is 4.97. The van der Waals surface area contributed by atoms with E-state index in [9.17, 15) is 4.79 Å². The number of carbonyl (C=O) groups excluding carboxylic acids is 1. The molecule has 0 saturated heterocycles. The van der Waals surface area contributed by atoms with Crippen molar-refractivity contribution < 1.29 is 9.53 Å². The molecule has 0 aliphatic rings. The third-order valence-electron chi connectivity index (χ3n) is 2.79. The van der Waals surface area contributed by atoms with Crippen molar-refractivity contribution in [3.05, 3.63) is 36.5 Å². The molecule has 0 radical (unpaired) electrons. The van der Waals surface area contributed by atoms with E-state index in [-0.39, 0.29) is 5.97 Å². The Morgan fingerprint density at radius 1 is 0.952 bits per heavy atom. The Kier molecular flexibility index (Phi) is 14.9. The van der Waals surface area contributed by atoms with E-state index in [0.29, 0.717) is 6.42 Å². The molecule has 0 aliphatic heterocycles. The van der Waals surface area contributed by atoms with Gasteiger partial charge >= 0.3 is 5.97 Å². The van der Waals surface area contributed by atoms with Gasteiger partial charge in [-0.1, -0.05) is 49.3 Å². The summed E-state index contributed by atoms with van der Waals surface area (Å²) in [6.07, 6.45) is 20.1. The Labute approximate surface area is 130 Å². The average Bonchev–Trinajstić information content (AvgIpc) is 2.50. The minimum atomic E-state index is -0.135. The number of carbonyl (C=O) groups is 1. The Balaban J connectivity index is 3.45. The third kappa shape index (κ3) is 16.2. The van der Waals surface area contributed by atoms with Gasteiger partial charge in [0, 0.05) is 19.3 Å². The van der Waals surface area contributed by atoms with Gasteiger partial charge in [0.2, 0.25) is 0 Å². The zero-order valence-corrected chi connectivity index (χ0v) is 13.4. The van der Waals surface area contributed by atoms with Crippen molar-refractivity contribution in [1.82, 2.24) is 0 Å². The minimum absolute atomic E-state index is 0.135. The van der Waals surface area contributed by atoms with E-state index in [4.69, 9.17) is 0 Å². The summed E-state index contributed by atoms with van der Waals surface area (Å²) in [6.45, 7) is 2.14. The molecule has 0 atom stereocenters. The molecular weight excluding hydrogens is 260 g/mol. The van der Waals surface area contributed by atoms with E-state index in [1.54, 1.807) is 0 Å². The lowest BCUT2D eigenvalue weighted by Crippen LogP contribution is -1.98. The van der Waals surface area contributed by atoms with Crippen LogP contribution in [0.25, 0.3) is 0 Å². The van der Waals surface area contributed by atoms with Crippen LogP contribution in [0.4, 0.5) is 0 Å². The van der Waals surface area contributed by atoms with Crippen LogP contribution in [0.3, 0.4) is 0 Å². The molecule has 0 unspecified atom stereocenters. The highest BCUT2D eigenvalue weighted by molar-refractivity contribution is 5.68. The van der Waals surface area contributed by atoms with E-state index in [2.05, 4.69) is 60.0 Å². The molecule has 0 aliphatic carbocycles. The first-order chi connectivity index (χ1) is 10.3. The summed E-state index contributed by atoms with van der Waals surface area (Å²) in [6, 6.07) is 0. The third-order valence-corrected chi connectivity index (χ3v) is 2.79. The zero-order valence-electron chi connectivity index (χ0n) is 13.4. The number of methoxy groups -OCH3 is 1. The summed E-state index contributed by atoms with van der Waals surface area (Å²) < 4.78 is 4.58. The molecule has 2 nitrogen and oxygen atoms in total. The molecule has 0 aromatic carbocycles. The first kappa shape index (κ1) is 19.2. The van der Waals surface area contributed by atoms with Crippen LogP contribution >= 0.6 is 0 Å². The molecule has 0 aromatic heterocycles. The largest absolute Gasteiger partial charge is 0.469 e. The van der Waals surface area contributed by atoms with Gasteiger partial charge in [-0.25, -0.2) is 0 Å². The van der Waals surface area contributed by atoms with Gasteiger partial charge < -0.3 is 4.74 Å². The van der Waals surface area contributed by atoms with Crippen molar-refractivity contribution in [2.24, 2.45) is 0 Å². The quantitative estimate of drug-likeness (QED) is 0.245. The van der Waals surface area contributed by atoms with Crippen LogP contribution in [0, 0.1) is 11.8 Å². The Bertz CT molecular complexity index is 392. The fourth-order valence-corrected chi connectivity index (χ4v) is 1.60. The van der Waals surface area contributed by atoms with E-state index in [1.807, 2.05) is 0 Å². The lowest BCUT2D eigenvalue weighted by atomic mass is 10.2. The van der Waals surface area contributed by atoms with Gasteiger partial charge in [0.05, 0.1) is 7.11 Å². The van der Waals surface area contributed by atoms with Crippen molar-refractivity contribution in [2.45, 2.75) is 58.3 Å². The fraction of sp³-hybridized carbons (Fsp3) is 0.526. The van der Waals surface area contributed by atoms with E-state index in [0.717, 1.165) is 44.9 Å². The first-order valence-electron chi connectivity index (χ1n) is 7.78. The van der Waals surface area contributed by atoms with Crippen molar-refractivity contribution in [3.63, 3.8) is 0 Å². The van der Waals surface area contributed by atoms with E-state index in [1.165, 1.54) is 7.11 Å². The zero-order chi connectivity index (χ0) is 15.6. The van der Waals surface area contributed by atoms with Crippen molar-refractivity contribution in [2.75, 3.05) is 7.11 Å². The second kappa shape index (κ2) is 16.3. The van der Waals surface area contributed by atoms with Gasteiger partial charge in [-0.3, -0.25) is 4.79 Å². The summed E-state index contributed by atoms with van der Waals surface area (Å²) in [5.74, 6) is 6.10. The number of rotatable bonds is 10. The molecule has 0 spiro atoms. The normalized spacial score (nSPS) is 11.1. The van der Waals surface area contributed by atoms with Gasteiger partial charge in [0.15, 0.2) is 0 Å². The molecule has 21 heavy (non-hydrogen) atoms. The molecule has 0 aromatic rings. The van der Waals surface area contributed by atoms with Crippen LogP contribution in [0.2, 0.25) is 0 Å². The predicted molar refractivity (Wildman–Crippen MR) is 89.8 cm³/mol. The Morgan fingerprint density at radius 3 is 2.29 bits per heavy atom. The van der Waals surface area contributed by atoms with Gasteiger partial charge in [-0.05, 0) is 32.1 Å². The first-order valence-corrected chi connectivity index (χ1v) is 7.78. The van der Waals surface area contributed by atoms with E-state index < -0.39 is 0 Å². The number of ether oxygens (including phenoxy) is 1. The van der Waals surface area contributed by atoms with Crippen LogP contribution in [-0.2, 0) is 9.53 Å². The summed E-state index contributed by atoms with van der Waals surface area (Å²) in [7, 11) is 1.42. The second-order valence-corrected chi connectivity index (χ2v) is 4.63. The minimum Gasteiger partial charge on any atom is -0.469 e. The number of allylic oxidation sites excluding steroid dienone is 6. The highest BCUT2D eigenvalue weighted by Crippen LogP contribution is 2.00. The van der Waals surface area contributed by atoms with E-state index >= 15 is 0 Å². The van der Waals surface area contributed by atoms with Crippen LogP contribution < -0.4 is 0 Å². The number of hydrogen-bond acceptors (Lipinski definition) is 2. The molecule has 0 fully saturated rings. The molecule has 0 saturated carbocycles.